The second-order valence-electron chi connectivity index (χ2n) is 9.96. The molecule has 0 aliphatic carbocycles. The van der Waals surface area contributed by atoms with E-state index in [2.05, 4.69) is 43.1 Å². The van der Waals surface area contributed by atoms with Crippen LogP contribution in [0.15, 0.2) is 36.7 Å². The van der Waals surface area contributed by atoms with Gasteiger partial charge < -0.3 is 9.88 Å². The standard InChI is InChI=1S/C28H33F2N7/c1-5-23(36-11-7-6-8-12-36)19-9-10-25(31-15-19)34-28-32-16-22(30)26(35-28)20-13-21(29)27-24(14-20)37(17(2)3)18(4)33-27/h9-10,13-17,23H,5-8,11-12H2,1-4H3,(H,31,32,34,35). The van der Waals surface area contributed by atoms with Crippen molar-refractivity contribution in [3.63, 3.8) is 0 Å². The molecule has 1 aliphatic rings. The number of piperidine rings is 1. The van der Waals surface area contributed by atoms with E-state index in [1.807, 2.05) is 37.6 Å². The first-order valence-corrected chi connectivity index (χ1v) is 13.0. The number of hydrogen-bond acceptors (Lipinski definition) is 6. The molecule has 1 atom stereocenters. The zero-order chi connectivity index (χ0) is 26.1. The van der Waals surface area contributed by atoms with Crippen LogP contribution in [0, 0.1) is 18.6 Å². The van der Waals surface area contributed by atoms with Gasteiger partial charge in [-0.05, 0) is 76.9 Å². The van der Waals surface area contributed by atoms with Crippen LogP contribution in [0.4, 0.5) is 20.5 Å². The molecule has 1 saturated heterocycles. The van der Waals surface area contributed by atoms with E-state index in [-0.39, 0.29) is 23.2 Å². The third kappa shape index (κ3) is 5.05. The lowest BCUT2D eigenvalue weighted by Crippen LogP contribution is -2.33. The Kier molecular flexibility index (Phi) is 7.15. The average Bonchev–Trinajstić information content (AvgIpc) is 3.24. The summed E-state index contributed by atoms with van der Waals surface area (Å²) >= 11 is 0. The van der Waals surface area contributed by atoms with Gasteiger partial charge in [-0.2, -0.15) is 0 Å². The van der Waals surface area contributed by atoms with Crippen LogP contribution < -0.4 is 5.32 Å². The van der Waals surface area contributed by atoms with E-state index in [1.165, 1.54) is 30.9 Å². The highest BCUT2D eigenvalue weighted by Crippen LogP contribution is 2.31. The Hall–Kier alpha value is -3.46. The number of nitrogens with zero attached hydrogens (tertiary/aromatic N) is 6. The van der Waals surface area contributed by atoms with Gasteiger partial charge in [-0.25, -0.2) is 28.7 Å². The van der Waals surface area contributed by atoms with Crippen LogP contribution in [0.3, 0.4) is 0 Å². The molecule has 3 aromatic heterocycles. The number of halogens is 2. The zero-order valence-corrected chi connectivity index (χ0v) is 21.8. The molecule has 4 heterocycles. The normalized spacial score (nSPS) is 15.4. The van der Waals surface area contributed by atoms with Crippen LogP contribution in [0.25, 0.3) is 22.3 Å². The Labute approximate surface area is 216 Å². The van der Waals surface area contributed by atoms with Crippen molar-refractivity contribution >= 4 is 22.8 Å². The van der Waals surface area contributed by atoms with Gasteiger partial charge in [0.15, 0.2) is 11.6 Å². The summed E-state index contributed by atoms with van der Waals surface area (Å²) in [6.07, 6.45) is 7.78. The van der Waals surface area contributed by atoms with Crippen LogP contribution in [0.5, 0.6) is 0 Å². The summed E-state index contributed by atoms with van der Waals surface area (Å²) in [5, 5.41) is 3.07. The number of hydrogen-bond donors (Lipinski definition) is 1. The number of pyridine rings is 1. The van der Waals surface area contributed by atoms with Crippen LogP contribution in [0.1, 0.15) is 69.9 Å². The lowest BCUT2D eigenvalue weighted by molar-refractivity contribution is 0.159. The molecule has 0 spiro atoms. The SMILES string of the molecule is CCC(c1ccc(Nc2ncc(F)c(-c3cc(F)c4nc(C)n(C(C)C)c4c3)n2)nc1)N1CCCCC1. The maximum atomic E-state index is 15.0. The predicted octanol–water partition coefficient (Wildman–Crippen LogP) is 6.74. The van der Waals surface area contributed by atoms with E-state index in [9.17, 15) is 8.78 Å². The number of nitrogens with one attached hydrogen (secondary N) is 1. The Morgan fingerprint density at radius 3 is 2.43 bits per heavy atom. The van der Waals surface area contributed by atoms with Gasteiger partial charge in [-0.1, -0.05) is 19.4 Å². The molecule has 7 nitrogen and oxygen atoms in total. The number of aryl methyl sites for hydroxylation is 1. The van der Waals surface area contributed by atoms with Crippen molar-refractivity contribution in [2.75, 3.05) is 18.4 Å². The zero-order valence-electron chi connectivity index (χ0n) is 21.8. The van der Waals surface area contributed by atoms with E-state index >= 15 is 0 Å². The molecule has 0 amide bonds. The summed E-state index contributed by atoms with van der Waals surface area (Å²) in [4.78, 5) is 19.9. The number of rotatable bonds is 7. The van der Waals surface area contributed by atoms with Gasteiger partial charge in [0, 0.05) is 23.8 Å². The van der Waals surface area contributed by atoms with E-state index in [0.717, 1.165) is 25.7 Å². The highest BCUT2D eigenvalue weighted by Gasteiger charge is 2.21. The molecule has 1 fully saturated rings. The summed E-state index contributed by atoms with van der Waals surface area (Å²) in [7, 11) is 0. The van der Waals surface area contributed by atoms with Crippen LogP contribution >= 0.6 is 0 Å². The lowest BCUT2D eigenvalue weighted by Gasteiger charge is -2.34. The first-order chi connectivity index (χ1) is 17.9. The number of fused-ring (bicyclic) bond motifs is 1. The van der Waals surface area contributed by atoms with Gasteiger partial charge in [-0.3, -0.25) is 4.90 Å². The Morgan fingerprint density at radius 1 is 0.973 bits per heavy atom. The second-order valence-corrected chi connectivity index (χ2v) is 9.96. The minimum absolute atomic E-state index is 0.0141. The third-order valence-electron chi connectivity index (χ3n) is 7.09. The molecular weight excluding hydrogens is 472 g/mol. The number of imidazole rings is 1. The van der Waals surface area contributed by atoms with E-state index in [1.54, 1.807) is 6.07 Å². The monoisotopic (exact) mass is 505 g/mol. The Morgan fingerprint density at radius 2 is 1.76 bits per heavy atom. The summed E-state index contributed by atoms with van der Waals surface area (Å²) in [6, 6.07) is 7.39. The van der Waals surface area contributed by atoms with Gasteiger partial charge in [0.1, 0.15) is 22.9 Å². The fourth-order valence-electron chi connectivity index (χ4n) is 5.41. The maximum absolute atomic E-state index is 15.0. The number of benzene rings is 1. The van der Waals surface area contributed by atoms with Crippen molar-refractivity contribution < 1.29 is 8.78 Å². The molecule has 0 radical (unpaired) electrons. The molecule has 5 rings (SSSR count). The van der Waals surface area contributed by atoms with Crippen molar-refractivity contribution in [2.45, 2.75) is 65.5 Å². The third-order valence-corrected chi connectivity index (χ3v) is 7.09. The molecule has 4 aromatic rings. The van der Waals surface area contributed by atoms with E-state index in [4.69, 9.17) is 0 Å². The molecule has 0 bridgehead atoms. The largest absolute Gasteiger partial charge is 0.326 e. The minimum atomic E-state index is -0.632. The molecule has 0 saturated carbocycles. The van der Waals surface area contributed by atoms with Crippen molar-refractivity contribution in [1.82, 2.24) is 29.4 Å². The highest BCUT2D eigenvalue weighted by atomic mass is 19.1. The highest BCUT2D eigenvalue weighted by molar-refractivity contribution is 5.83. The number of anilines is 2. The van der Waals surface area contributed by atoms with Gasteiger partial charge in [0.05, 0.1) is 11.7 Å². The predicted molar refractivity (Wildman–Crippen MR) is 142 cm³/mol. The second kappa shape index (κ2) is 10.5. The van der Waals surface area contributed by atoms with Crippen LogP contribution in [-0.2, 0) is 0 Å². The van der Waals surface area contributed by atoms with Crippen molar-refractivity contribution in [1.29, 1.82) is 0 Å². The lowest BCUT2D eigenvalue weighted by atomic mass is 10.0. The molecule has 1 aromatic carbocycles. The van der Waals surface area contributed by atoms with E-state index in [0.29, 0.717) is 28.8 Å². The maximum Gasteiger partial charge on any atom is 0.229 e. The minimum Gasteiger partial charge on any atom is -0.326 e. The van der Waals surface area contributed by atoms with Gasteiger partial charge >= 0.3 is 0 Å². The summed E-state index contributed by atoms with van der Waals surface area (Å²) < 4.78 is 31.7. The summed E-state index contributed by atoms with van der Waals surface area (Å²) in [5.74, 6) is 0.302. The van der Waals surface area contributed by atoms with Crippen molar-refractivity contribution in [2.24, 2.45) is 0 Å². The fourth-order valence-corrected chi connectivity index (χ4v) is 5.41. The first kappa shape index (κ1) is 25.2. The smallest absolute Gasteiger partial charge is 0.229 e. The van der Waals surface area contributed by atoms with Crippen LogP contribution in [0.2, 0.25) is 0 Å². The molecule has 37 heavy (non-hydrogen) atoms. The molecule has 9 heteroatoms. The molecule has 194 valence electrons. The van der Waals surface area contributed by atoms with Crippen molar-refractivity contribution in [3.8, 4) is 11.3 Å². The number of likely N-dealkylation sites (tertiary alicyclic amines) is 1. The summed E-state index contributed by atoms with van der Waals surface area (Å²) in [6.45, 7) is 10.3. The molecular formula is C28H33F2N7. The van der Waals surface area contributed by atoms with Gasteiger partial charge in [0.2, 0.25) is 5.95 Å². The van der Waals surface area contributed by atoms with Crippen LogP contribution in [-0.4, -0.2) is 42.5 Å². The number of aromatic nitrogens is 5. The van der Waals surface area contributed by atoms with E-state index < -0.39 is 11.6 Å². The quantitative estimate of drug-likeness (QED) is 0.300. The Balaban J connectivity index is 1.42. The summed E-state index contributed by atoms with van der Waals surface area (Å²) in [5.41, 5.74) is 2.38. The Bertz CT molecular complexity index is 1390. The fraction of sp³-hybridized carbons (Fsp3) is 0.429. The first-order valence-electron chi connectivity index (χ1n) is 13.0. The molecule has 1 unspecified atom stereocenters. The molecule has 1 aliphatic heterocycles. The van der Waals surface area contributed by atoms with Gasteiger partial charge in [0.25, 0.3) is 0 Å². The topological polar surface area (TPSA) is 71.8 Å². The average molecular weight is 506 g/mol. The van der Waals surface area contributed by atoms with Crippen molar-refractivity contribution in [3.05, 3.63) is 59.7 Å². The van der Waals surface area contributed by atoms with Gasteiger partial charge in [-0.15, -0.1) is 0 Å². The molecule has 1 N–H and O–H groups in total.